The number of rotatable bonds is 5. The normalized spacial score (nSPS) is 15.3. The molecule has 2 aromatic rings. The number of aromatic nitrogens is 1. The molecule has 0 spiro atoms. The maximum Gasteiger partial charge on any atom is 0.270 e. The number of benzene rings is 1. The molecule has 7 heteroatoms. The van der Waals surface area contributed by atoms with E-state index >= 15 is 0 Å². The summed E-state index contributed by atoms with van der Waals surface area (Å²) in [4.78, 5) is 18.8. The molecule has 1 fully saturated rings. The summed E-state index contributed by atoms with van der Waals surface area (Å²) in [7, 11) is 1.69. The molecular weight excluding hydrogens is 324 g/mol. The minimum atomic E-state index is -0.110. The van der Waals surface area contributed by atoms with Gasteiger partial charge in [-0.3, -0.25) is 4.79 Å². The highest BCUT2D eigenvalue weighted by Gasteiger charge is 2.23. The van der Waals surface area contributed by atoms with Crippen LogP contribution in [0.4, 0.5) is 5.69 Å². The Morgan fingerprint density at radius 2 is 2.17 bits per heavy atom. The molecule has 6 nitrogen and oxygen atoms in total. The van der Waals surface area contributed by atoms with Crippen LogP contribution >= 0.6 is 11.3 Å². The standard InChI is InChI=1S/C17H22N4O2S/c1-23-15-5-3-2-4-14(15)21-8-6-12(7-9-21)19-17(22)13-11-24-16(10-18)20-13/h2-5,11-12H,6-10,18H2,1H3,(H,19,22). The lowest BCUT2D eigenvalue weighted by atomic mass is 10.0. The van der Waals surface area contributed by atoms with Crippen molar-refractivity contribution >= 4 is 22.9 Å². The first-order chi connectivity index (χ1) is 11.7. The molecular formula is C17H22N4O2S. The predicted molar refractivity (Wildman–Crippen MR) is 95.7 cm³/mol. The lowest BCUT2D eigenvalue weighted by Crippen LogP contribution is -2.44. The summed E-state index contributed by atoms with van der Waals surface area (Å²) in [5, 5.41) is 5.63. The van der Waals surface area contributed by atoms with Crippen LogP contribution in [0.5, 0.6) is 5.75 Å². The van der Waals surface area contributed by atoms with E-state index in [-0.39, 0.29) is 11.9 Å². The molecule has 0 saturated carbocycles. The van der Waals surface area contributed by atoms with Gasteiger partial charge >= 0.3 is 0 Å². The summed E-state index contributed by atoms with van der Waals surface area (Å²) in [5.41, 5.74) is 7.12. The van der Waals surface area contributed by atoms with Gasteiger partial charge in [-0.25, -0.2) is 4.98 Å². The summed E-state index contributed by atoms with van der Waals surface area (Å²) in [6, 6.07) is 8.20. The van der Waals surface area contributed by atoms with Gasteiger partial charge in [0.2, 0.25) is 0 Å². The molecule has 128 valence electrons. The Balaban J connectivity index is 1.56. The van der Waals surface area contributed by atoms with Crippen LogP contribution in [-0.4, -0.2) is 37.1 Å². The van der Waals surface area contributed by atoms with Crippen molar-refractivity contribution in [2.24, 2.45) is 5.73 Å². The number of hydrogen-bond donors (Lipinski definition) is 2. The summed E-state index contributed by atoms with van der Waals surface area (Å²) < 4.78 is 5.43. The monoisotopic (exact) mass is 346 g/mol. The number of piperidine rings is 1. The molecule has 1 amide bonds. The van der Waals surface area contributed by atoms with E-state index in [1.165, 1.54) is 11.3 Å². The van der Waals surface area contributed by atoms with Crippen molar-refractivity contribution in [1.29, 1.82) is 0 Å². The Hall–Kier alpha value is -2.12. The molecule has 0 aliphatic carbocycles. The van der Waals surface area contributed by atoms with Gasteiger partial charge in [0.25, 0.3) is 5.91 Å². The largest absolute Gasteiger partial charge is 0.495 e. The zero-order valence-electron chi connectivity index (χ0n) is 13.7. The van der Waals surface area contributed by atoms with Crippen molar-refractivity contribution in [1.82, 2.24) is 10.3 Å². The fraction of sp³-hybridized carbons (Fsp3) is 0.412. The van der Waals surface area contributed by atoms with E-state index in [0.717, 1.165) is 42.4 Å². The molecule has 24 heavy (non-hydrogen) atoms. The number of carbonyl (C=O) groups excluding carboxylic acids is 1. The minimum absolute atomic E-state index is 0.110. The van der Waals surface area contributed by atoms with Crippen LogP contribution < -0.4 is 20.7 Å². The predicted octanol–water partition coefficient (Wildman–Crippen LogP) is 2.01. The van der Waals surface area contributed by atoms with Gasteiger partial charge in [-0.05, 0) is 25.0 Å². The lowest BCUT2D eigenvalue weighted by molar-refractivity contribution is 0.0926. The second-order valence-corrected chi connectivity index (χ2v) is 6.68. The number of methoxy groups -OCH3 is 1. The Kier molecular flexibility index (Phi) is 5.32. The van der Waals surface area contributed by atoms with Crippen molar-refractivity contribution in [3.63, 3.8) is 0 Å². The van der Waals surface area contributed by atoms with Gasteiger partial charge in [0.15, 0.2) is 0 Å². The Morgan fingerprint density at radius 3 is 2.83 bits per heavy atom. The van der Waals surface area contributed by atoms with Crippen molar-refractivity contribution in [3.8, 4) is 5.75 Å². The number of anilines is 1. The molecule has 1 aliphatic heterocycles. The van der Waals surface area contributed by atoms with Crippen molar-refractivity contribution < 1.29 is 9.53 Å². The molecule has 3 rings (SSSR count). The molecule has 0 unspecified atom stereocenters. The van der Waals surface area contributed by atoms with Gasteiger partial charge in [-0.1, -0.05) is 12.1 Å². The number of ether oxygens (including phenoxy) is 1. The fourth-order valence-corrected chi connectivity index (χ4v) is 3.58. The first-order valence-electron chi connectivity index (χ1n) is 8.04. The molecule has 2 heterocycles. The molecule has 0 bridgehead atoms. The SMILES string of the molecule is COc1ccccc1N1CCC(NC(=O)c2csc(CN)n2)CC1. The number of hydrogen-bond acceptors (Lipinski definition) is 6. The van der Waals surface area contributed by atoms with Gasteiger partial charge in [-0.15, -0.1) is 11.3 Å². The zero-order valence-corrected chi connectivity index (χ0v) is 14.5. The molecule has 3 N–H and O–H groups in total. The lowest BCUT2D eigenvalue weighted by Gasteiger charge is -2.34. The van der Waals surface area contributed by atoms with E-state index in [0.29, 0.717) is 12.2 Å². The number of amides is 1. The third-order valence-electron chi connectivity index (χ3n) is 4.22. The molecule has 0 radical (unpaired) electrons. The number of nitrogens with one attached hydrogen (secondary N) is 1. The first kappa shape index (κ1) is 16.7. The molecule has 1 saturated heterocycles. The Labute approximate surface area is 145 Å². The average Bonchev–Trinajstić information content (AvgIpc) is 3.12. The maximum absolute atomic E-state index is 12.3. The van der Waals surface area contributed by atoms with Crippen LogP contribution in [0.3, 0.4) is 0 Å². The van der Waals surface area contributed by atoms with Gasteiger partial charge in [0, 0.05) is 31.1 Å². The summed E-state index contributed by atoms with van der Waals surface area (Å²) in [5.74, 6) is 0.776. The second kappa shape index (κ2) is 7.63. The van der Waals surface area contributed by atoms with E-state index in [4.69, 9.17) is 10.5 Å². The highest BCUT2D eigenvalue weighted by atomic mass is 32.1. The van der Waals surface area contributed by atoms with E-state index < -0.39 is 0 Å². The van der Waals surface area contributed by atoms with Crippen molar-refractivity contribution in [2.45, 2.75) is 25.4 Å². The van der Waals surface area contributed by atoms with Gasteiger partial charge in [0.05, 0.1) is 12.8 Å². The van der Waals surface area contributed by atoms with Gasteiger partial charge < -0.3 is 20.7 Å². The first-order valence-corrected chi connectivity index (χ1v) is 8.92. The van der Waals surface area contributed by atoms with Crippen molar-refractivity contribution in [3.05, 3.63) is 40.3 Å². The Bertz CT molecular complexity index is 695. The average molecular weight is 346 g/mol. The van der Waals surface area contributed by atoms with E-state index in [9.17, 15) is 4.79 Å². The van der Waals surface area contributed by atoms with Crippen LogP contribution in [0.2, 0.25) is 0 Å². The maximum atomic E-state index is 12.3. The highest BCUT2D eigenvalue weighted by Crippen LogP contribution is 2.29. The minimum Gasteiger partial charge on any atom is -0.495 e. The Morgan fingerprint density at radius 1 is 1.42 bits per heavy atom. The summed E-state index contributed by atoms with van der Waals surface area (Å²) in [6.45, 7) is 2.14. The van der Waals surface area contributed by atoms with Crippen LogP contribution in [0.25, 0.3) is 0 Å². The fourth-order valence-electron chi connectivity index (χ4n) is 2.92. The molecule has 1 aromatic carbocycles. The van der Waals surface area contributed by atoms with Crippen LogP contribution in [0, 0.1) is 0 Å². The van der Waals surface area contributed by atoms with Crippen molar-refractivity contribution in [2.75, 3.05) is 25.1 Å². The van der Waals surface area contributed by atoms with Crippen LogP contribution in [0.1, 0.15) is 28.3 Å². The summed E-state index contributed by atoms with van der Waals surface area (Å²) >= 11 is 1.42. The third kappa shape index (κ3) is 3.68. The highest BCUT2D eigenvalue weighted by molar-refractivity contribution is 7.09. The number of nitrogens with zero attached hydrogens (tertiary/aromatic N) is 2. The quantitative estimate of drug-likeness (QED) is 0.866. The number of para-hydroxylation sites is 2. The number of thiazole rings is 1. The molecule has 0 atom stereocenters. The molecule has 1 aliphatic rings. The van der Waals surface area contributed by atoms with Crippen LogP contribution in [-0.2, 0) is 6.54 Å². The number of carbonyl (C=O) groups is 1. The smallest absolute Gasteiger partial charge is 0.270 e. The van der Waals surface area contributed by atoms with E-state index in [2.05, 4.69) is 21.3 Å². The van der Waals surface area contributed by atoms with E-state index in [1.54, 1.807) is 12.5 Å². The topological polar surface area (TPSA) is 80.5 Å². The summed E-state index contributed by atoms with van der Waals surface area (Å²) in [6.07, 6.45) is 1.80. The zero-order chi connectivity index (χ0) is 16.9. The van der Waals surface area contributed by atoms with Crippen LogP contribution in [0.15, 0.2) is 29.6 Å². The van der Waals surface area contributed by atoms with Gasteiger partial charge in [0.1, 0.15) is 16.5 Å². The second-order valence-electron chi connectivity index (χ2n) is 5.74. The van der Waals surface area contributed by atoms with E-state index in [1.807, 2.05) is 18.2 Å². The number of nitrogens with two attached hydrogens (primary N) is 1. The van der Waals surface area contributed by atoms with Gasteiger partial charge in [-0.2, -0.15) is 0 Å². The molecule has 1 aromatic heterocycles. The third-order valence-corrected chi connectivity index (χ3v) is 5.09.